The van der Waals surface area contributed by atoms with Crippen molar-refractivity contribution in [3.05, 3.63) is 28.8 Å². The molecule has 0 saturated heterocycles. The number of nitriles is 1. The Labute approximate surface area is 117 Å². The predicted octanol–water partition coefficient (Wildman–Crippen LogP) is 3.37. The standard InChI is InChI=1S/C12H9ClF3NO3/c1-2-19-11(18)9-4-10(20-12(14,15)16)8(6-17)3-7(9)5-13/h3-4H,2,5H2,1H3. The fourth-order valence-corrected chi connectivity index (χ4v) is 1.65. The Morgan fingerprint density at radius 3 is 2.55 bits per heavy atom. The summed E-state index contributed by atoms with van der Waals surface area (Å²) in [4.78, 5) is 11.6. The third kappa shape index (κ3) is 4.03. The Morgan fingerprint density at radius 1 is 1.45 bits per heavy atom. The maximum Gasteiger partial charge on any atom is 0.573 e. The Kier molecular flexibility index (Phi) is 5.22. The van der Waals surface area contributed by atoms with Crippen LogP contribution >= 0.6 is 11.6 Å². The number of halogens is 4. The molecule has 1 rings (SSSR count). The van der Waals surface area contributed by atoms with Crippen LogP contribution in [0.1, 0.15) is 28.4 Å². The van der Waals surface area contributed by atoms with Gasteiger partial charge >= 0.3 is 12.3 Å². The molecule has 108 valence electrons. The van der Waals surface area contributed by atoms with Crippen LogP contribution in [0.5, 0.6) is 5.75 Å². The number of carbonyl (C=O) groups excluding carboxylic acids is 1. The van der Waals surface area contributed by atoms with Gasteiger partial charge in [0.2, 0.25) is 0 Å². The van der Waals surface area contributed by atoms with Gasteiger partial charge in [0.1, 0.15) is 11.8 Å². The zero-order chi connectivity index (χ0) is 15.3. The van der Waals surface area contributed by atoms with Crippen LogP contribution in [0.4, 0.5) is 13.2 Å². The number of rotatable bonds is 4. The summed E-state index contributed by atoms with van der Waals surface area (Å²) in [7, 11) is 0. The number of esters is 1. The maximum atomic E-state index is 12.2. The molecular weight excluding hydrogens is 299 g/mol. The molecule has 0 aliphatic heterocycles. The van der Waals surface area contributed by atoms with Gasteiger partial charge in [-0.05, 0) is 24.6 Å². The van der Waals surface area contributed by atoms with Crippen molar-refractivity contribution in [1.82, 2.24) is 0 Å². The largest absolute Gasteiger partial charge is 0.573 e. The van der Waals surface area contributed by atoms with Crippen LogP contribution in [0.15, 0.2) is 12.1 Å². The van der Waals surface area contributed by atoms with Gasteiger partial charge in [0, 0.05) is 5.88 Å². The fraction of sp³-hybridized carbons (Fsp3) is 0.333. The van der Waals surface area contributed by atoms with Crippen molar-refractivity contribution < 1.29 is 27.4 Å². The maximum absolute atomic E-state index is 12.2. The Bertz CT molecular complexity index is 552. The molecule has 20 heavy (non-hydrogen) atoms. The third-order valence-electron chi connectivity index (χ3n) is 2.19. The average molecular weight is 308 g/mol. The van der Waals surface area contributed by atoms with Gasteiger partial charge in [0.05, 0.1) is 17.7 Å². The van der Waals surface area contributed by atoms with E-state index in [-0.39, 0.29) is 29.2 Å². The molecule has 0 aromatic heterocycles. The molecule has 8 heteroatoms. The molecule has 1 aromatic carbocycles. The molecule has 0 unspecified atom stereocenters. The zero-order valence-corrected chi connectivity index (χ0v) is 11.0. The molecule has 0 fully saturated rings. The Balaban J connectivity index is 3.34. The van der Waals surface area contributed by atoms with Crippen LogP contribution < -0.4 is 4.74 Å². The molecule has 4 nitrogen and oxygen atoms in total. The van der Waals surface area contributed by atoms with Crippen LogP contribution in [0, 0.1) is 11.3 Å². The number of hydrogen-bond donors (Lipinski definition) is 0. The predicted molar refractivity (Wildman–Crippen MR) is 63.4 cm³/mol. The van der Waals surface area contributed by atoms with Crippen LogP contribution in [-0.4, -0.2) is 18.9 Å². The smallest absolute Gasteiger partial charge is 0.462 e. The van der Waals surface area contributed by atoms with Gasteiger partial charge in [-0.3, -0.25) is 0 Å². The first kappa shape index (κ1) is 16.1. The lowest BCUT2D eigenvalue weighted by Gasteiger charge is -2.13. The van der Waals surface area contributed by atoms with E-state index in [1.165, 1.54) is 0 Å². The van der Waals surface area contributed by atoms with Crippen molar-refractivity contribution in [2.75, 3.05) is 6.61 Å². The van der Waals surface area contributed by atoms with E-state index in [0.717, 1.165) is 12.1 Å². The third-order valence-corrected chi connectivity index (χ3v) is 2.48. The summed E-state index contributed by atoms with van der Waals surface area (Å²) < 4.78 is 45.2. The molecule has 0 saturated carbocycles. The lowest BCUT2D eigenvalue weighted by molar-refractivity contribution is -0.274. The van der Waals surface area contributed by atoms with Crippen LogP contribution in [0.25, 0.3) is 0 Å². The van der Waals surface area contributed by atoms with Gasteiger partial charge in [-0.1, -0.05) is 0 Å². The summed E-state index contributed by atoms with van der Waals surface area (Å²) in [6, 6.07) is 3.43. The van der Waals surface area contributed by atoms with E-state index >= 15 is 0 Å². The van der Waals surface area contributed by atoms with Gasteiger partial charge in [0.15, 0.2) is 0 Å². The number of benzene rings is 1. The molecule has 0 N–H and O–H groups in total. The van der Waals surface area contributed by atoms with Crippen LogP contribution in [0.2, 0.25) is 0 Å². The second-order valence-corrected chi connectivity index (χ2v) is 3.79. The minimum absolute atomic E-state index is 0.0516. The summed E-state index contributed by atoms with van der Waals surface area (Å²) in [6.45, 7) is 1.60. The molecule has 1 aromatic rings. The number of ether oxygens (including phenoxy) is 2. The van der Waals surface area contributed by atoms with E-state index in [9.17, 15) is 18.0 Å². The molecule has 0 aliphatic rings. The normalized spacial score (nSPS) is 10.8. The van der Waals surface area contributed by atoms with Gasteiger partial charge in [-0.15, -0.1) is 24.8 Å². The summed E-state index contributed by atoms with van der Waals surface area (Å²) >= 11 is 5.61. The van der Waals surface area contributed by atoms with Gasteiger partial charge in [-0.2, -0.15) is 5.26 Å². The second-order valence-electron chi connectivity index (χ2n) is 3.52. The minimum atomic E-state index is -4.97. The van der Waals surface area contributed by atoms with E-state index in [1.54, 1.807) is 13.0 Å². The summed E-state index contributed by atoms with van der Waals surface area (Å²) in [5.41, 5.74) is -0.345. The van der Waals surface area contributed by atoms with E-state index < -0.39 is 18.1 Å². The highest BCUT2D eigenvalue weighted by atomic mass is 35.5. The van der Waals surface area contributed by atoms with E-state index in [2.05, 4.69) is 4.74 Å². The number of nitrogens with zero attached hydrogens (tertiary/aromatic N) is 1. The fourth-order valence-electron chi connectivity index (χ4n) is 1.43. The quantitative estimate of drug-likeness (QED) is 0.632. The van der Waals surface area contributed by atoms with E-state index in [0.29, 0.717) is 0 Å². The van der Waals surface area contributed by atoms with E-state index in [4.69, 9.17) is 21.6 Å². The minimum Gasteiger partial charge on any atom is -0.462 e. The molecule has 0 heterocycles. The molecule has 0 spiro atoms. The van der Waals surface area contributed by atoms with E-state index in [1.807, 2.05) is 0 Å². The van der Waals surface area contributed by atoms with Crippen LogP contribution in [0.3, 0.4) is 0 Å². The van der Waals surface area contributed by atoms with Gasteiger partial charge in [-0.25, -0.2) is 4.79 Å². The molecular formula is C12H9ClF3NO3. The van der Waals surface area contributed by atoms with Crippen molar-refractivity contribution in [3.8, 4) is 11.8 Å². The molecule has 0 amide bonds. The van der Waals surface area contributed by atoms with Crippen molar-refractivity contribution in [2.45, 2.75) is 19.2 Å². The van der Waals surface area contributed by atoms with Gasteiger partial charge in [0.25, 0.3) is 0 Å². The number of hydrogen-bond acceptors (Lipinski definition) is 4. The van der Waals surface area contributed by atoms with Crippen molar-refractivity contribution in [2.24, 2.45) is 0 Å². The lowest BCUT2D eigenvalue weighted by atomic mass is 10.0. The van der Waals surface area contributed by atoms with Crippen molar-refractivity contribution >= 4 is 17.6 Å². The monoisotopic (exact) mass is 307 g/mol. The molecule has 0 aliphatic carbocycles. The van der Waals surface area contributed by atoms with Crippen molar-refractivity contribution in [3.63, 3.8) is 0 Å². The highest BCUT2D eigenvalue weighted by Crippen LogP contribution is 2.30. The lowest BCUT2D eigenvalue weighted by Crippen LogP contribution is -2.19. The summed E-state index contributed by atoms with van der Waals surface area (Å²) in [5, 5.41) is 8.81. The average Bonchev–Trinajstić information content (AvgIpc) is 2.36. The highest BCUT2D eigenvalue weighted by Gasteiger charge is 2.33. The first-order valence-corrected chi connectivity index (χ1v) is 5.91. The second kappa shape index (κ2) is 6.48. The molecule has 0 atom stereocenters. The SMILES string of the molecule is CCOC(=O)c1cc(OC(F)(F)F)c(C#N)cc1CCl. The molecule has 0 radical (unpaired) electrons. The Morgan fingerprint density at radius 2 is 2.10 bits per heavy atom. The number of alkyl halides is 4. The van der Waals surface area contributed by atoms with Gasteiger partial charge < -0.3 is 9.47 Å². The topological polar surface area (TPSA) is 59.3 Å². The van der Waals surface area contributed by atoms with Crippen LogP contribution in [-0.2, 0) is 10.6 Å². The highest BCUT2D eigenvalue weighted by molar-refractivity contribution is 6.17. The number of carbonyl (C=O) groups is 1. The zero-order valence-electron chi connectivity index (χ0n) is 10.3. The first-order valence-electron chi connectivity index (χ1n) is 5.38. The summed E-state index contributed by atoms with van der Waals surface area (Å²) in [6.07, 6.45) is -4.97. The molecule has 0 bridgehead atoms. The Hall–Kier alpha value is -1.94. The first-order chi connectivity index (χ1) is 9.32. The van der Waals surface area contributed by atoms with Crippen molar-refractivity contribution in [1.29, 1.82) is 5.26 Å². The summed E-state index contributed by atoms with van der Waals surface area (Å²) in [5.74, 6) is -1.76.